The minimum absolute atomic E-state index is 0.0180. The molecular formula is C13H28N2O2. The fourth-order valence-electron chi connectivity index (χ4n) is 1.85. The second-order valence-corrected chi connectivity index (χ2v) is 6.50. The van der Waals surface area contributed by atoms with Crippen LogP contribution >= 0.6 is 0 Å². The smallest absolute Gasteiger partial charge is 0.224 e. The van der Waals surface area contributed by atoms with Crippen molar-refractivity contribution >= 4 is 5.91 Å². The molecule has 0 aromatic carbocycles. The van der Waals surface area contributed by atoms with E-state index in [1.165, 1.54) is 0 Å². The lowest BCUT2D eigenvalue weighted by Crippen LogP contribution is -2.50. The number of amides is 1. The Kier molecular flexibility index (Phi) is 6.13. The van der Waals surface area contributed by atoms with E-state index in [1.54, 1.807) is 7.11 Å². The molecule has 17 heavy (non-hydrogen) atoms. The molecular weight excluding hydrogens is 216 g/mol. The number of rotatable bonds is 6. The first-order chi connectivity index (χ1) is 7.61. The van der Waals surface area contributed by atoms with Gasteiger partial charge in [0.15, 0.2) is 0 Å². The fraction of sp³-hybridized carbons (Fsp3) is 0.923. The van der Waals surface area contributed by atoms with Crippen LogP contribution in [0.2, 0.25) is 0 Å². The summed E-state index contributed by atoms with van der Waals surface area (Å²) >= 11 is 0. The van der Waals surface area contributed by atoms with Crippen molar-refractivity contribution in [3.05, 3.63) is 0 Å². The average molecular weight is 244 g/mol. The number of nitrogens with two attached hydrogens (primary N) is 1. The Morgan fingerprint density at radius 1 is 1.29 bits per heavy atom. The van der Waals surface area contributed by atoms with Gasteiger partial charge in [0, 0.05) is 13.7 Å². The molecule has 0 aliphatic heterocycles. The minimum atomic E-state index is -0.350. The van der Waals surface area contributed by atoms with Crippen molar-refractivity contribution in [2.24, 2.45) is 17.1 Å². The molecule has 0 heterocycles. The van der Waals surface area contributed by atoms with Crippen LogP contribution in [0.4, 0.5) is 0 Å². The van der Waals surface area contributed by atoms with Crippen LogP contribution < -0.4 is 11.1 Å². The van der Waals surface area contributed by atoms with Crippen LogP contribution in [0.15, 0.2) is 0 Å². The van der Waals surface area contributed by atoms with Crippen molar-refractivity contribution in [2.45, 2.75) is 46.6 Å². The second kappa shape index (κ2) is 6.36. The van der Waals surface area contributed by atoms with Gasteiger partial charge < -0.3 is 15.8 Å². The van der Waals surface area contributed by atoms with Crippen LogP contribution in [0.3, 0.4) is 0 Å². The van der Waals surface area contributed by atoms with Gasteiger partial charge in [0.1, 0.15) is 0 Å². The highest BCUT2D eigenvalue weighted by atomic mass is 16.5. The summed E-state index contributed by atoms with van der Waals surface area (Å²) < 4.78 is 5.08. The molecule has 1 atom stereocenters. The van der Waals surface area contributed by atoms with Crippen LogP contribution in [0, 0.1) is 11.3 Å². The first-order valence-electron chi connectivity index (χ1n) is 6.12. The van der Waals surface area contributed by atoms with E-state index < -0.39 is 0 Å². The Morgan fingerprint density at radius 2 is 1.82 bits per heavy atom. The molecule has 0 saturated heterocycles. The van der Waals surface area contributed by atoms with Gasteiger partial charge in [0.25, 0.3) is 0 Å². The molecule has 0 radical (unpaired) electrons. The number of carbonyl (C=O) groups excluding carboxylic acids is 1. The maximum Gasteiger partial charge on any atom is 0.224 e. The molecule has 0 aliphatic rings. The van der Waals surface area contributed by atoms with E-state index in [1.807, 2.05) is 13.8 Å². The third-order valence-electron chi connectivity index (χ3n) is 2.48. The van der Waals surface area contributed by atoms with Crippen LogP contribution in [-0.2, 0) is 9.53 Å². The van der Waals surface area contributed by atoms with Gasteiger partial charge >= 0.3 is 0 Å². The lowest BCUT2D eigenvalue weighted by Gasteiger charge is -2.30. The number of hydrogen-bond acceptors (Lipinski definition) is 3. The van der Waals surface area contributed by atoms with Crippen molar-refractivity contribution in [2.75, 3.05) is 20.3 Å². The standard InChI is InChI=1S/C13H28N2O2/c1-12(2,3)7-10(8-14)11(16)15-13(4,5)9-17-6/h10H,7-9,14H2,1-6H3,(H,15,16). The van der Waals surface area contributed by atoms with Gasteiger partial charge in [0.05, 0.1) is 18.1 Å². The molecule has 0 saturated carbocycles. The van der Waals surface area contributed by atoms with Gasteiger partial charge in [-0.1, -0.05) is 20.8 Å². The Bertz CT molecular complexity index is 244. The largest absolute Gasteiger partial charge is 0.382 e. The van der Waals surface area contributed by atoms with Gasteiger partial charge in [-0.25, -0.2) is 0 Å². The lowest BCUT2D eigenvalue weighted by molar-refractivity contribution is -0.127. The molecule has 102 valence electrons. The third-order valence-corrected chi connectivity index (χ3v) is 2.48. The molecule has 4 heteroatoms. The van der Waals surface area contributed by atoms with Crippen LogP contribution in [0.25, 0.3) is 0 Å². The van der Waals surface area contributed by atoms with E-state index in [-0.39, 0.29) is 22.8 Å². The monoisotopic (exact) mass is 244 g/mol. The first-order valence-corrected chi connectivity index (χ1v) is 6.12. The average Bonchev–Trinajstić information content (AvgIpc) is 2.11. The normalized spacial score (nSPS) is 14.5. The number of hydrogen-bond donors (Lipinski definition) is 2. The summed E-state index contributed by atoms with van der Waals surface area (Å²) in [6.45, 7) is 11.1. The summed E-state index contributed by atoms with van der Waals surface area (Å²) in [5.74, 6) is -0.115. The zero-order valence-electron chi connectivity index (χ0n) is 12.1. The Balaban J connectivity index is 4.45. The van der Waals surface area contributed by atoms with E-state index in [2.05, 4.69) is 26.1 Å². The third kappa shape index (κ3) is 7.34. The van der Waals surface area contributed by atoms with Gasteiger partial charge in [-0.2, -0.15) is 0 Å². The predicted molar refractivity (Wildman–Crippen MR) is 70.7 cm³/mol. The molecule has 1 amide bonds. The highest BCUT2D eigenvalue weighted by Crippen LogP contribution is 2.24. The number of nitrogens with one attached hydrogen (secondary N) is 1. The van der Waals surface area contributed by atoms with E-state index in [4.69, 9.17) is 10.5 Å². The SMILES string of the molecule is COCC(C)(C)NC(=O)C(CN)CC(C)(C)C. The van der Waals surface area contributed by atoms with Crippen LogP contribution in [-0.4, -0.2) is 31.7 Å². The molecule has 0 aromatic heterocycles. The predicted octanol–water partition coefficient (Wildman–Crippen LogP) is 1.54. The van der Waals surface area contributed by atoms with Crippen molar-refractivity contribution < 1.29 is 9.53 Å². The Labute approximate surface area is 105 Å². The Morgan fingerprint density at radius 3 is 2.18 bits per heavy atom. The first kappa shape index (κ1) is 16.4. The van der Waals surface area contributed by atoms with E-state index in [9.17, 15) is 4.79 Å². The number of ether oxygens (including phenoxy) is 1. The molecule has 0 fully saturated rings. The highest BCUT2D eigenvalue weighted by Gasteiger charge is 2.28. The molecule has 3 N–H and O–H groups in total. The van der Waals surface area contributed by atoms with Gasteiger partial charge in [-0.15, -0.1) is 0 Å². The lowest BCUT2D eigenvalue weighted by atomic mass is 9.84. The minimum Gasteiger partial charge on any atom is -0.382 e. The summed E-state index contributed by atoms with van der Waals surface area (Å²) in [4.78, 5) is 12.1. The summed E-state index contributed by atoms with van der Waals surface area (Å²) in [5, 5.41) is 2.99. The highest BCUT2D eigenvalue weighted by molar-refractivity contribution is 5.79. The fourth-order valence-corrected chi connectivity index (χ4v) is 1.85. The molecule has 0 aromatic rings. The zero-order valence-corrected chi connectivity index (χ0v) is 12.1. The molecule has 0 aliphatic carbocycles. The zero-order chi connectivity index (χ0) is 13.7. The van der Waals surface area contributed by atoms with E-state index in [0.717, 1.165) is 6.42 Å². The quantitative estimate of drug-likeness (QED) is 0.745. The van der Waals surface area contributed by atoms with E-state index >= 15 is 0 Å². The van der Waals surface area contributed by atoms with Crippen molar-refractivity contribution in [3.63, 3.8) is 0 Å². The van der Waals surface area contributed by atoms with Gasteiger partial charge in [-0.3, -0.25) is 4.79 Å². The molecule has 0 rings (SSSR count). The maximum atomic E-state index is 12.1. The van der Waals surface area contributed by atoms with Crippen LogP contribution in [0.1, 0.15) is 41.0 Å². The summed E-state index contributed by atoms with van der Waals surface area (Å²) in [5.41, 5.74) is 5.44. The molecule has 4 nitrogen and oxygen atoms in total. The Hall–Kier alpha value is -0.610. The summed E-state index contributed by atoms with van der Waals surface area (Å²) in [6, 6.07) is 0. The topological polar surface area (TPSA) is 64.3 Å². The van der Waals surface area contributed by atoms with Crippen LogP contribution in [0.5, 0.6) is 0 Å². The molecule has 0 bridgehead atoms. The maximum absolute atomic E-state index is 12.1. The summed E-state index contributed by atoms with van der Waals surface area (Å²) in [6.07, 6.45) is 0.790. The number of carbonyl (C=O) groups is 1. The van der Waals surface area contributed by atoms with Gasteiger partial charge in [-0.05, 0) is 25.7 Å². The van der Waals surface area contributed by atoms with E-state index in [0.29, 0.717) is 13.2 Å². The molecule has 0 spiro atoms. The van der Waals surface area contributed by atoms with Gasteiger partial charge in [0.2, 0.25) is 5.91 Å². The van der Waals surface area contributed by atoms with Crippen molar-refractivity contribution in [1.29, 1.82) is 0 Å². The molecule has 1 unspecified atom stereocenters. The second-order valence-electron chi connectivity index (χ2n) is 6.50. The van der Waals surface area contributed by atoms with Crippen molar-refractivity contribution in [3.8, 4) is 0 Å². The number of methoxy groups -OCH3 is 1. The summed E-state index contributed by atoms with van der Waals surface area (Å²) in [7, 11) is 1.63. The van der Waals surface area contributed by atoms with Crippen molar-refractivity contribution in [1.82, 2.24) is 5.32 Å².